The van der Waals surface area contributed by atoms with Crippen molar-refractivity contribution in [2.75, 3.05) is 31.1 Å². The minimum atomic E-state index is -0.280. The molecule has 0 aromatic carbocycles. The van der Waals surface area contributed by atoms with Crippen LogP contribution in [0.3, 0.4) is 0 Å². The van der Waals surface area contributed by atoms with Gasteiger partial charge in [0.2, 0.25) is 5.91 Å². The van der Waals surface area contributed by atoms with E-state index in [1.54, 1.807) is 23.5 Å². The molecule has 3 aromatic heterocycles. The van der Waals surface area contributed by atoms with E-state index in [2.05, 4.69) is 25.0 Å². The lowest BCUT2D eigenvalue weighted by atomic mass is 10.3. The predicted octanol–water partition coefficient (Wildman–Crippen LogP) is -0.124. The number of aryl methyl sites for hydroxylation is 1. The molecular weight excluding hydrogens is 360 g/mol. The molecule has 4 heterocycles. The lowest BCUT2D eigenvalue weighted by Crippen LogP contribution is -2.50. The van der Waals surface area contributed by atoms with Crippen LogP contribution in [0.15, 0.2) is 47.9 Å². The average Bonchev–Trinajstić information content (AvgIpc) is 3.24. The number of hydrogen-bond donors (Lipinski definition) is 0. The zero-order valence-corrected chi connectivity index (χ0v) is 15.5. The standard InChI is InChI=1S/C18H20N8O2/c1-14-21-15(11-16(22-14)25-6-5-19-13-25)23-7-9-24(10-8-23)18(28)12-26-17(27)3-2-4-20-26/h2-6,11,13H,7-10,12H2,1H3. The Kier molecular flexibility index (Phi) is 4.83. The smallest absolute Gasteiger partial charge is 0.267 e. The van der Waals surface area contributed by atoms with Gasteiger partial charge in [0, 0.05) is 56.9 Å². The van der Waals surface area contributed by atoms with Crippen molar-refractivity contribution in [1.29, 1.82) is 0 Å². The van der Waals surface area contributed by atoms with E-state index in [0.29, 0.717) is 32.0 Å². The van der Waals surface area contributed by atoms with E-state index in [1.165, 1.54) is 16.9 Å². The van der Waals surface area contributed by atoms with Crippen LogP contribution < -0.4 is 10.5 Å². The van der Waals surface area contributed by atoms with E-state index in [4.69, 9.17) is 0 Å². The zero-order valence-electron chi connectivity index (χ0n) is 15.5. The van der Waals surface area contributed by atoms with Gasteiger partial charge in [0.1, 0.15) is 30.3 Å². The molecule has 3 aromatic rings. The number of carbonyl (C=O) groups excluding carboxylic acids is 1. The highest BCUT2D eigenvalue weighted by atomic mass is 16.2. The molecule has 10 nitrogen and oxygen atoms in total. The van der Waals surface area contributed by atoms with Crippen LogP contribution in [0.5, 0.6) is 0 Å². The van der Waals surface area contributed by atoms with Crippen molar-refractivity contribution >= 4 is 11.7 Å². The first-order chi connectivity index (χ1) is 13.6. The van der Waals surface area contributed by atoms with Gasteiger partial charge in [0.15, 0.2) is 0 Å². The van der Waals surface area contributed by atoms with Crippen molar-refractivity contribution in [3.05, 3.63) is 59.3 Å². The van der Waals surface area contributed by atoms with Gasteiger partial charge < -0.3 is 9.80 Å². The minimum Gasteiger partial charge on any atom is -0.353 e. The third-order valence-corrected chi connectivity index (χ3v) is 4.61. The van der Waals surface area contributed by atoms with Crippen LogP contribution in [-0.4, -0.2) is 66.3 Å². The number of hydrogen-bond acceptors (Lipinski definition) is 7. The van der Waals surface area contributed by atoms with Crippen molar-refractivity contribution in [1.82, 2.24) is 34.2 Å². The third kappa shape index (κ3) is 3.75. The fraction of sp³-hybridized carbons (Fsp3) is 0.333. The first-order valence-corrected chi connectivity index (χ1v) is 8.99. The second kappa shape index (κ2) is 7.59. The molecule has 0 bridgehead atoms. The topological polar surface area (TPSA) is 102 Å². The minimum absolute atomic E-state index is 0.0446. The molecule has 1 aliphatic rings. The average molecular weight is 380 g/mol. The van der Waals surface area contributed by atoms with Crippen molar-refractivity contribution in [2.24, 2.45) is 0 Å². The lowest BCUT2D eigenvalue weighted by Gasteiger charge is -2.35. The van der Waals surface area contributed by atoms with Gasteiger partial charge in [-0.1, -0.05) is 0 Å². The number of imidazole rings is 1. The molecule has 0 N–H and O–H groups in total. The Labute approximate surface area is 161 Å². The second-order valence-corrected chi connectivity index (χ2v) is 6.49. The normalized spacial score (nSPS) is 14.3. The van der Waals surface area contributed by atoms with Gasteiger partial charge in [-0.2, -0.15) is 5.10 Å². The first kappa shape index (κ1) is 17.8. The molecular formula is C18H20N8O2. The van der Waals surface area contributed by atoms with Crippen LogP contribution in [0.25, 0.3) is 5.82 Å². The van der Waals surface area contributed by atoms with Gasteiger partial charge in [-0.3, -0.25) is 14.2 Å². The van der Waals surface area contributed by atoms with E-state index < -0.39 is 0 Å². The fourth-order valence-electron chi connectivity index (χ4n) is 3.14. The molecule has 1 amide bonds. The number of carbonyl (C=O) groups is 1. The summed E-state index contributed by atoms with van der Waals surface area (Å²) in [7, 11) is 0. The highest BCUT2D eigenvalue weighted by molar-refractivity contribution is 5.76. The molecule has 144 valence electrons. The van der Waals surface area contributed by atoms with Crippen LogP contribution >= 0.6 is 0 Å². The van der Waals surface area contributed by atoms with Gasteiger partial charge in [0.25, 0.3) is 5.56 Å². The van der Waals surface area contributed by atoms with Crippen molar-refractivity contribution < 1.29 is 4.79 Å². The molecule has 1 aliphatic heterocycles. The molecule has 0 radical (unpaired) electrons. The van der Waals surface area contributed by atoms with Crippen LogP contribution in [0.4, 0.5) is 5.82 Å². The van der Waals surface area contributed by atoms with E-state index in [1.807, 2.05) is 23.8 Å². The van der Waals surface area contributed by atoms with E-state index in [0.717, 1.165) is 11.6 Å². The maximum atomic E-state index is 12.5. The van der Waals surface area contributed by atoms with Gasteiger partial charge in [-0.25, -0.2) is 19.6 Å². The summed E-state index contributed by atoms with van der Waals surface area (Å²) in [6, 6.07) is 4.87. The summed E-state index contributed by atoms with van der Waals surface area (Å²) in [5.74, 6) is 2.14. The zero-order chi connectivity index (χ0) is 19.5. The molecule has 0 saturated carbocycles. The van der Waals surface area contributed by atoms with E-state index in [-0.39, 0.29) is 18.0 Å². The Balaban J connectivity index is 1.42. The Bertz CT molecular complexity index is 1020. The summed E-state index contributed by atoms with van der Waals surface area (Å²) < 4.78 is 3.02. The maximum Gasteiger partial charge on any atom is 0.267 e. The molecule has 0 aliphatic carbocycles. The molecule has 10 heteroatoms. The van der Waals surface area contributed by atoms with Gasteiger partial charge >= 0.3 is 0 Å². The fourth-order valence-corrected chi connectivity index (χ4v) is 3.14. The first-order valence-electron chi connectivity index (χ1n) is 8.99. The molecule has 1 saturated heterocycles. The Hall–Kier alpha value is -3.56. The lowest BCUT2D eigenvalue weighted by molar-refractivity contribution is -0.132. The second-order valence-electron chi connectivity index (χ2n) is 6.49. The highest BCUT2D eigenvalue weighted by Crippen LogP contribution is 2.17. The number of nitrogens with zero attached hydrogens (tertiary/aromatic N) is 8. The molecule has 0 atom stereocenters. The van der Waals surface area contributed by atoms with Crippen LogP contribution in [0, 0.1) is 6.92 Å². The van der Waals surface area contributed by atoms with Crippen molar-refractivity contribution in [3.8, 4) is 5.82 Å². The third-order valence-electron chi connectivity index (χ3n) is 4.61. The molecule has 4 rings (SSSR count). The van der Waals surface area contributed by atoms with Crippen LogP contribution in [0.1, 0.15) is 5.82 Å². The maximum absolute atomic E-state index is 12.5. The summed E-state index contributed by atoms with van der Waals surface area (Å²) in [5, 5.41) is 3.94. The molecule has 28 heavy (non-hydrogen) atoms. The van der Waals surface area contributed by atoms with Gasteiger partial charge in [0.05, 0.1) is 0 Å². The quantitative estimate of drug-likeness (QED) is 0.622. The molecule has 0 spiro atoms. The number of aromatic nitrogens is 6. The largest absolute Gasteiger partial charge is 0.353 e. The number of anilines is 1. The Morgan fingerprint density at radius 2 is 1.89 bits per heavy atom. The summed E-state index contributed by atoms with van der Waals surface area (Å²) in [5.41, 5.74) is -0.280. The Morgan fingerprint density at radius 1 is 1.11 bits per heavy atom. The van der Waals surface area contributed by atoms with Crippen LogP contribution in [-0.2, 0) is 11.3 Å². The summed E-state index contributed by atoms with van der Waals surface area (Å²) >= 11 is 0. The number of piperazine rings is 1. The summed E-state index contributed by atoms with van der Waals surface area (Å²) in [6.07, 6.45) is 6.74. The van der Waals surface area contributed by atoms with Crippen molar-refractivity contribution in [2.45, 2.75) is 13.5 Å². The summed E-state index contributed by atoms with van der Waals surface area (Å²) in [6.45, 7) is 4.24. The predicted molar refractivity (Wildman–Crippen MR) is 101 cm³/mol. The van der Waals surface area contributed by atoms with Gasteiger partial charge in [-0.15, -0.1) is 0 Å². The SMILES string of the molecule is Cc1nc(N2CCN(C(=O)Cn3ncccc3=O)CC2)cc(-n2ccnc2)n1. The van der Waals surface area contributed by atoms with E-state index >= 15 is 0 Å². The number of amides is 1. The van der Waals surface area contributed by atoms with Crippen molar-refractivity contribution in [3.63, 3.8) is 0 Å². The highest BCUT2D eigenvalue weighted by Gasteiger charge is 2.23. The molecule has 0 unspecified atom stereocenters. The summed E-state index contributed by atoms with van der Waals surface area (Å²) in [4.78, 5) is 41.2. The van der Waals surface area contributed by atoms with Crippen LogP contribution in [0.2, 0.25) is 0 Å². The van der Waals surface area contributed by atoms with E-state index in [9.17, 15) is 9.59 Å². The molecule has 1 fully saturated rings. The Morgan fingerprint density at radius 3 is 2.61 bits per heavy atom. The van der Waals surface area contributed by atoms with Gasteiger partial charge in [-0.05, 0) is 13.0 Å². The monoisotopic (exact) mass is 380 g/mol. The number of rotatable bonds is 4.